The van der Waals surface area contributed by atoms with Crippen molar-refractivity contribution in [2.45, 2.75) is 6.42 Å². The third kappa shape index (κ3) is 4.27. The van der Waals surface area contributed by atoms with Crippen molar-refractivity contribution < 1.29 is 9.18 Å². The van der Waals surface area contributed by atoms with Crippen LogP contribution in [0.15, 0.2) is 60.7 Å². The second-order valence-corrected chi connectivity index (χ2v) is 5.64. The molecule has 2 aromatic carbocycles. The number of nitrogens with zero attached hydrogens (tertiary/aromatic N) is 1. The summed E-state index contributed by atoms with van der Waals surface area (Å²) in [5.41, 5.74) is 3.07. The highest BCUT2D eigenvalue weighted by atomic mass is 19.1. The predicted octanol–water partition coefficient (Wildman–Crippen LogP) is 3.55. The number of benzene rings is 2. The molecule has 1 aliphatic heterocycles. The lowest BCUT2D eigenvalue weighted by molar-refractivity contribution is -0.117. The van der Waals surface area contributed by atoms with E-state index in [1.165, 1.54) is 23.3 Å². The molecule has 0 fully saturated rings. The number of anilines is 1. The number of rotatable bonds is 4. The van der Waals surface area contributed by atoms with Crippen molar-refractivity contribution in [2.75, 3.05) is 25.0 Å². The molecule has 0 aliphatic carbocycles. The Bertz CT molecular complexity index is 712. The Morgan fingerprint density at radius 2 is 1.96 bits per heavy atom. The zero-order chi connectivity index (χ0) is 16.1. The largest absolute Gasteiger partial charge is 0.325 e. The molecule has 0 aromatic heterocycles. The van der Waals surface area contributed by atoms with E-state index in [4.69, 9.17) is 0 Å². The first-order chi connectivity index (χ1) is 11.2. The van der Waals surface area contributed by atoms with Gasteiger partial charge in [-0.25, -0.2) is 4.39 Å². The van der Waals surface area contributed by atoms with Gasteiger partial charge in [0.2, 0.25) is 5.91 Å². The van der Waals surface area contributed by atoms with Crippen LogP contribution in [-0.2, 0) is 4.79 Å². The first-order valence-corrected chi connectivity index (χ1v) is 7.73. The van der Waals surface area contributed by atoms with Gasteiger partial charge in [0, 0.05) is 18.8 Å². The lowest BCUT2D eigenvalue weighted by Crippen LogP contribution is -2.36. The fraction of sp³-hybridized carbons (Fsp3) is 0.211. The van der Waals surface area contributed by atoms with Crippen molar-refractivity contribution in [3.8, 4) is 0 Å². The molecule has 0 bridgehead atoms. The number of carbonyl (C=O) groups is 1. The number of hydrogen-bond acceptors (Lipinski definition) is 2. The van der Waals surface area contributed by atoms with Gasteiger partial charge in [0.1, 0.15) is 5.82 Å². The van der Waals surface area contributed by atoms with Gasteiger partial charge in [0.15, 0.2) is 0 Å². The van der Waals surface area contributed by atoms with Crippen molar-refractivity contribution in [3.05, 3.63) is 72.1 Å². The Kier molecular flexibility index (Phi) is 4.83. The topological polar surface area (TPSA) is 32.3 Å². The molecule has 0 spiro atoms. The fourth-order valence-corrected chi connectivity index (χ4v) is 2.74. The van der Waals surface area contributed by atoms with Gasteiger partial charge in [-0.1, -0.05) is 42.5 Å². The molecule has 2 aromatic rings. The van der Waals surface area contributed by atoms with Crippen LogP contribution in [0.3, 0.4) is 0 Å². The van der Waals surface area contributed by atoms with E-state index in [9.17, 15) is 9.18 Å². The van der Waals surface area contributed by atoms with Crippen molar-refractivity contribution >= 4 is 17.2 Å². The van der Waals surface area contributed by atoms with E-state index in [-0.39, 0.29) is 11.7 Å². The highest BCUT2D eigenvalue weighted by Gasteiger charge is 2.15. The van der Waals surface area contributed by atoms with Crippen LogP contribution in [0, 0.1) is 5.82 Å². The summed E-state index contributed by atoms with van der Waals surface area (Å²) in [5, 5.41) is 2.73. The first kappa shape index (κ1) is 15.4. The van der Waals surface area contributed by atoms with Crippen LogP contribution in [0.2, 0.25) is 0 Å². The third-order valence-electron chi connectivity index (χ3n) is 3.91. The van der Waals surface area contributed by atoms with Crippen LogP contribution < -0.4 is 5.32 Å². The lowest BCUT2D eigenvalue weighted by atomic mass is 10.00. The SMILES string of the molecule is O=C(CN1CC=C(c2ccccc2)CC1)Nc1cccc(F)c1. The summed E-state index contributed by atoms with van der Waals surface area (Å²) in [6.45, 7) is 1.91. The Morgan fingerprint density at radius 3 is 2.65 bits per heavy atom. The summed E-state index contributed by atoms with van der Waals surface area (Å²) in [6.07, 6.45) is 3.10. The van der Waals surface area contributed by atoms with Gasteiger partial charge in [-0.15, -0.1) is 0 Å². The maximum atomic E-state index is 13.1. The van der Waals surface area contributed by atoms with E-state index in [0.29, 0.717) is 12.2 Å². The average molecular weight is 310 g/mol. The second kappa shape index (κ2) is 7.20. The minimum atomic E-state index is -0.351. The van der Waals surface area contributed by atoms with Crippen molar-refractivity contribution in [3.63, 3.8) is 0 Å². The van der Waals surface area contributed by atoms with E-state index in [0.717, 1.165) is 19.5 Å². The fourth-order valence-electron chi connectivity index (χ4n) is 2.74. The number of amides is 1. The number of hydrogen-bond donors (Lipinski definition) is 1. The minimum absolute atomic E-state index is 0.118. The van der Waals surface area contributed by atoms with Crippen molar-refractivity contribution in [1.82, 2.24) is 4.90 Å². The minimum Gasteiger partial charge on any atom is -0.325 e. The molecule has 0 unspecified atom stereocenters. The van der Waals surface area contributed by atoms with Gasteiger partial charge >= 0.3 is 0 Å². The first-order valence-electron chi connectivity index (χ1n) is 7.73. The average Bonchev–Trinajstić information content (AvgIpc) is 2.56. The Labute approximate surface area is 135 Å². The molecule has 0 radical (unpaired) electrons. The van der Waals surface area contributed by atoms with Gasteiger partial charge in [-0.2, -0.15) is 0 Å². The number of carbonyl (C=O) groups excluding carboxylic acids is 1. The van der Waals surface area contributed by atoms with E-state index < -0.39 is 0 Å². The van der Waals surface area contributed by atoms with Crippen LogP contribution in [0.5, 0.6) is 0 Å². The molecular formula is C19H19FN2O. The molecule has 3 nitrogen and oxygen atoms in total. The highest BCUT2D eigenvalue weighted by molar-refractivity contribution is 5.92. The molecule has 0 saturated carbocycles. The number of nitrogens with one attached hydrogen (secondary N) is 1. The van der Waals surface area contributed by atoms with Gasteiger partial charge in [0.05, 0.1) is 6.54 Å². The molecule has 23 heavy (non-hydrogen) atoms. The third-order valence-corrected chi connectivity index (χ3v) is 3.91. The zero-order valence-electron chi connectivity index (χ0n) is 12.8. The van der Waals surface area contributed by atoms with Crippen molar-refractivity contribution in [2.24, 2.45) is 0 Å². The Morgan fingerprint density at radius 1 is 1.13 bits per heavy atom. The van der Waals surface area contributed by atoms with E-state index in [1.54, 1.807) is 12.1 Å². The van der Waals surface area contributed by atoms with E-state index >= 15 is 0 Å². The van der Waals surface area contributed by atoms with Crippen LogP contribution >= 0.6 is 0 Å². The Balaban J connectivity index is 1.54. The van der Waals surface area contributed by atoms with E-state index in [2.05, 4.69) is 28.4 Å². The van der Waals surface area contributed by atoms with E-state index in [1.807, 2.05) is 18.2 Å². The normalized spacial score (nSPS) is 15.1. The summed E-state index contributed by atoms with van der Waals surface area (Å²) < 4.78 is 13.1. The standard InChI is InChI=1S/C19H19FN2O/c20-17-7-4-8-18(13-17)21-19(23)14-22-11-9-16(10-12-22)15-5-2-1-3-6-15/h1-9,13H,10-12,14H2,(H,21,23). The molecule has 1 aliphatic rings. The number of halogens is 1. The molecule has 3 rings (SSSR count). The smallest absolute Gasteiger partial charge is 0.238 e. The highest BCUT2D eigenvalue weighted by Crippen LogP contribution is 2.21. The predicted molar refractivity (Wildman–Crippen MR) is 90.5 cm³/mol. The second-order valence-electron chi connectivity index (χ2n) is 5.64. The maximum absolute atomic E-state index is 13.1. The van der Waals surface area contributed by atoms with Gasteiger partial charge < -0.3 is 5.32 Å². The monoisotopic (exact) mass is 310 g/mol. The van der Waals surface area contributed by atoms with Gasteiger partial charge in [-0.3, -0.25) is 9.69 Å². The van der Waals surface area contributed by atoms with Gasteiger partial charge in [0.25, 0.3) is 0 Å². The molecule has 1 N–H and O–H groups in total. The summed E-state index contributed by atoms with van der Waals surface area (Å²) in [6, 6.07) is 16.2. The molecule has 4 heteroatoms. The van der Waals surface area contributed by atoms with Crippen LogP contribution in [0.4, 0.5) is 10.1 Å². The molecule has 1 amide bonds. The summed E-state index contributed by atoms with van der Waals surface area (Å²) >= 11 is 0. The quantitative estimate of drug-likeness (QED) is 0.936. The van der Waals surface area contributed by atoms with Crippen molar-refractivity contribution in [1.29, 1.82) is 0 Å². The van der Waals surface area contributed by atoms with Crippen LogP contribution in [-0.4, -0.2) is 30.4 Å². The lowest BCUT2D eigenvalue weighted by Gasteiger charge is -2.25. The summed E-state index contributed by atoms with van der Waals surface area (Å²) in [7, 11) is 0. The molecular weight excluding hydrogens is 291 g/mol. The maximum Gasteiger partial charge on any atom is 0.238 e. The summed E-state index contributed by atoms with van der Waals surface area (Å²) in [4.78, 5) is 14.1. The summed E-state index contributed by atoms with van der Waals surface area (Å²) in [5.74, 6) is -0.469. The molecule has 0 atom stereocenters. The van der Waals surface area contributed by atoms with Gasteiger partial charge in [-0.05, 0) is 35.8 Å². The Hall–Kier alpha value is -2.46. The van der Waals surface area contributed by atoms with Crippen LogP contribution in [0.1, 0.15) is 12.0 Å². The zero-order valence-corrected chi connectivity index (χ0v) is 12.8. The molecule has 118 valence electrons. The molecule has 0 saturated heterocycles. The van der Waals surface area contributed by atoms with Crippen LogP contribution in [0.25, 0.3) is 5.57 Å². The molecule has 1 heterocycles.